The molecule has 3 heterocycles. The lowest BCUT2D eigenvalue weighted by Gasteiger charge is -2.34. The molecule has 0 radical (unpaired) electrons. The Hall–Kier alpha value is -1.47. The highest BCUT2D eigenvalue weighted by atomic mass is 79.9. The first-order chi connectivity index (χ1) is 11.6. The molecule has 0 atom stereocenters. The van der Waals surface area contributed by atoms with Crippen LogP contribution in [0.5, 0.6) is 0 Å². The van der Waals surface area contributed by atoms with E-state index in [0.29, 0.717) is 0 Å². The van der Waals surface area contributed by atoms with Gasteiger partial charge in [0.2, 0.25) is 5.95 Å². The Labute approximate surface area is 152 Å². The maximum atomic E-state index is 4.57. The van der Waals surface area contributed by atoms with Crippen LogP contribution >= 0.6 is 15.9 Å². The normalized spacial score (nSPS) is 15.9. The van der Waals surface area contributed by atoms with E-state index in [9.17, 15) is 0 Å². The number of rotatable bonds is 6. The van der Waals surface area contributed by atoms with Crippen molar-refractivity contribution < 1.29 is 0 Å². The summed E-state index contributed by atoms with van der Waals surface area (Å²) in [6, 6.07) is 1.86. The molecule has 1 saturated heterocycles. The molecule has 0 unspecified atom stereocenters. The standard InChI is InChI=1S/C17H25BrN6/c1-14-16(18)15(2)24(21-14)9-4-3-8-22-10-12-23(13-11-22)17-19-6-5-7-20-17/h5-7H,3-4,8-13H2,1-2H3. The van der Waals surface area contributed by atoms with Crippen molar-refractivity contribution in [3.63, 3.8) is 0 Å². The Balaban J connectivity index is 1.37. The summed E-state index contributed by atoms with van der Waals surface area (Å²) in [7, 11) is 0. The van der Waals surface area contributed by atoms with Crippen LogP contribution in [0.2, 0.25) is 0 Å². The molecule has 24 heavy (non-hydrogen) atoms. The molecule has 130 valence electrons. The summed E-state index contributed by atoms with van der Waals surface area (Å²) in [5.74, 6) is 0.854. The van der Waals surface area contributed by atoms with Gasteiger partial charge in [0, 0.05) is 50.8 Å². The highest BCUT2D eigenvalue weighted by Crippen LogP contribution is 2.20. The van der Waals surface area contributed by atoms with Crippen LogP contribution in [0.3, 0.4) is 0 Å². The third-order valence-corrected chi connectivity index (χ3v) is 5.74. The zero-order valence-electron chi connectivity index (χ0n) is 14.5. The average molecular weight is 393 g/mol. The van der Waals surface area contributed by atoms with E-state index in [-0.39, 0.29) is 0 Å². The number of aromatic nitrogens is 4. The first-order valence-corrected chi connectivity index (χ1v) is 9.38. The molecule has 0 N–H and O–H groups in total. The van der Waals surface area contributed by atoms with E-state index in [2.05, 4.69) is 52.4 Å². The van der Waals surface area contributed by atoms with Gasteiger partial charge in [-0.25, -0.2) is 9.97 Å². The van der Waals surface area contributed by atoms with Crippen molar-refractivity contribution in [1.82, 2.24) is 24.6 Å². The maximum absolute atomic E-state index is 4.57. The third-order valence-electron chi connectivity index (χ3n) is 4.59. The van der Waals surface area contributed by atoms with Crippen LogP contribution in [0.25, 0.3) is 0 Å². The largest absolute Gasteiger partial charge is 0.338 e. The zero-order chi connectivity index (χ0) is 16.9. The van der Waals surface area contributed by atoms with Gasteiger partial charge in [0.1, 0.15) is 0 Å². The van der Waals surface area contributed by atoms with Crippen molar-refractivity contribution in [3.05, 3.63) is 34.3 Å². The Kier molecular flexibility index (Phi) is 5.84. The van der Waals surface area contributed by atoms with Crippen molar-refractivity contribution in [3.8, 4) is 0 Å². The minimum absolute atomic E-state index is 0.854. The lowest BCUT2D eigenvalue weighted by atomic mass is 10.2. The van der Waals surface area contributed by atoms with E-state index in [1.165, 1.54) is 12.1 Å². The fourth-order valence-electron chi connectivity index (χ4n) is 3.12. The first-order valence-electron chi connectivity index (χ1n) is 8.59. The van der Waals surface area contributed by atoms with Crippen LogP contribution in [0.15, 0.2) is 22.9 Å². The molecular weight excluding hydrogens is 368 g/mol. The predicted octanol–water partition coefficient (Wildman–Crippen LogP) is 2.65. The zero-order valence-corrected chi connectivity index (χ0v) is 16.0. The van der Waals surface area contributed by atoms with Gasteiger partial charge in [0.15, 0.2) is 0 Å². The molecule has 3 rings (SSSR count). The van der Waals surface area contributed by atoms with Crippen molar-refractivity contribution in [2.24, 2.45) is 0 Å². The fourth-order valence-corrected chi connectivity index (χ4v) is 3.40. The number of halogens is 1. The molecule has 0 saturated carbocycles. The first kappa shape index (κ1) is 17.4. The molecule has 0 aromatic carbocycles. The number of aryl methyl sites for hydroxylation is 2. The summed E-state index contributed by atoms with van der Waals surface area (Å²) in [6.07, 6.45) is 5.99. The molecule has 0 amide bonds. The topological polar surface area (TPSA) is 50.1 Å². The van der Waals surface area contributed by atoms with Crippen LogP contribution in [-0.4, -0.2) is 57.4 Å². The molecule has 2 aromatic rings. The van der Waals surface area contributed by atoms with Gasteiger partial charge >= 0.3 is 0 Å². The molecule has 6 nitrogen and oxygen atoms in total. The number of nitrogens with zero attached hydrogens (tertiary/aromatic N) is 6. The third kappa shape index (κ3) is 4.13. The molecule has 0 spiro atoms. The minimum atomic E-state index is 0.854. The summed E-state index contributed by atoms with van der Waals surface area (Å²) >= 11 is 3.59. The van der Waals surface area contributed by atoms with Gasteiger partial charge in [-0.05, 0) is 55.2 Å². The second-order valence-corrected chi connectivity index (χ2v) is 7.09. The molecule has 7 heteroatoms. The second-order valence-electron chi connectivity index (χ2n) is 6.29. The SMILES string of the molecule is Cc1nn(CCCCN2CCN(c3ncccn3)CC2)c(C)c1Br. The van der Waals surface area contributed by atoms with Crippen molar-refractivity contribution in [2.75, 3.05) is 37.6 Å². The predicted molar refractivity (Wildman–Crippen MR) is 99.3 cm³/mol. The molecule has 0 bridgehead atoms. The second kappa shape index (κ2) is 8.07. The monoisotopic (exact) mass is 392 g/mol. The van der Waals surface area contributed by atoms with Crippen LogP contribution < -0.4 is 4.90 Å². The summed E-state index contributed by atoms with van der Waals surface area (Å²) < 4.78 is 3.26. The van der Waals surface area contributed by atoms with Gasteiger partial charge in [-0.2, -0.15) is 5.10 Å². The van der Waals surface area contributed by atoms with E-state index in [4.69, 9.17) is 0 Å². The molecule has 0 aliphatic carbocycles. The van der Waals surface area contributed by atoms with Gasteiger partial charge in [-0.3, -0.25) is 9.58 Å². The highest BCUT2D eigenvalue weighted by molar-refractivity contribution is 9.10. The number of piperazine rings is 1. The van der Waals surface area contributed by atoms with Gasteiger partial charge in [0.25, 0.3) is 0 Å². The van der Waals surface area contributed by atoms with Crippen LogP contribution in [0, 0.1) is 13.8 Å². The summed E-state index contributed by atoms with van der Waals surface area (Å²) in [4.78, 5) is 13.5. The number of hydrogen-bond donors (Lipinski definition) is 0. The number of unbranched alkanes of at least 4 members (excludes halogenated alkanes) is 1. The lowest BCUT2D eigenvalue weighted by molar-refractivity contribution is 0.249. The average Bonchev–Trinajstić information content (AvgIpc) is 2.87. The van der Waals surface area contributed by atoms with Crippen molar-refractivity contribution >= 4 is 21.9 Å². The summed E-state index contributed by atoms with van der Waals surface area (Å²) in [5, 5.41) is 4.57. The highest BCUT2D eigenvalue weighted by Gasteiger charge is 2.18. The van der Waals surface area contributed by atoms with Crippen molar-refractivity contribution in [1.29, 1.82) is 0 Å². The smallest absolute Gasteiger partial charge is 0.225 e. The summed E-state index contributed by atoms with van der Waals surface area (Å²) in [5.41, 5.74) is 2.30. The number of hydrogen-bond acceptors (Lipinski definition) is 5. The van der Waals surface area contributed by atoms with Gasteiger partial charge in [0.05, 0.1) is 10.2 Å². The van der Waals surface area contributed by atoms with E-state index in [0.717, 1.165) is 61.8 Å². The van der Waals surface area contributed by atoms with E-state index >= 15 is 0 Å². The number of anilines is 1. The van der Waals surface area contributed by atoms with E-state index in [1.807, 2.05) is 25.4 Å². The molecule has 2 aromatic heterocycles. The quantitative estimate of drug-likeness (QED) is 0.707. The Morgan fingerprint density at radius 3 is 2.29 bits per heavy atom. The maximum Gasteiger partial charge on any atom is 0.225 e. The van der Waals surface area contributed by atoms with E-state index in [1.54, 1.807) is 0 Å². The van der Waals surface area contributed by atoms with Gasteiger partial charge < -0.3 is 4.90 Å². The summed E-state index contributed by atoms with van der Waals surface area (Å²) in [6.45, 7) is 10.5. The Morgan fingerprint density at radius 1 is 1.00 bits per heavy atom. The Morgan fingerprint density at radius 2 is 1.67 bits per heavy atom. The molecule has 1 aliphatic rings. The minimum Gasteiger partial charge on any atom is -0.338 e. The van der Waals surface area contributed by atoms with Gasteiger partial charge in [-0.1, -0.05) is 0 Å². The molecular formula is C17H25BrN6. The molecule has 1 aliphatic heterocycles. The fraction of sp³-hybridized carbons (Fsp3) is 0.588. The Bertz CT molecular complexity index is 649. The van der Waals surface area contributed by atoms with E-state index < -0.39 is 0 Å². The van der Waals surface area contributed by atoms with Gasteiger partial charge in [-0.15, -0.1) is 0 Å². The molecule has 1 fully saturated rings. The van der Waals surface area contributed by atoms with Crippen LogP contribution in [0.1, 0.15) is 24.2 Å². The van der Waals surface area contributed by atoms with Crippen molar-refractivity contribution in [2.45, 2.75) is 33.2 Å². The van der Waals surface area contributed by atoms with Crippen LogP contribution in [-0.2, 0) is 6.54 Å². The van der Waals surface area contributed by atoms with Crippen LogP contribution in [0.4, 0.5) is 5.95 Å². The lowest BCUT2D eigenvalue weighted by Crippen LogP contribution is -2.47.